The molecule has 1 heterocycles. The summed E-state index contributed by atoms with van der Waals surface area (Å²) in [6, 6.07) is 6.99. The predicted molar refractivity (Wildman–Crippen MR) is 107 cm³/mol. The number of benzene rings is 1. The number of ketones is 1. The maximum atomic E-state index is 12.5. The summed E-state index contributed by atoms with van der Waals surface area (Å²) in [5, 5.41) is 0. The molecular weight excluding hydrogens is 320 g/mol. The van der Waals surface area contributed by atoms with Crippen LogP contribution in [0.3, 0.4) is 0 Å². The lowest BCUT2D eigenvalue weighted by atomic mass is 9.56. The van der Waals surface area contributed by atoms with Gasteiger partial charge in [-0.2, -0.15) is 0 Å². The van der Waals surface area contributed by atoms with E-state index in [1.54, 1.807) is 0 Å². The number of nitrogens with two attached hydrogens (primary N) is 1. The molecule has 1 saturated heterocycles. The first-order valence-electron chi connectivity index (χ1n) is 10.2. The molecule has 1 aromatic carbocycles. The predicted octanol–water partition coefficient (Wildman–Crippen LogP) is 4.04. The average Bonchev–Trinajstić information content (AvgIpc) is 3.41. The molecular formula is C23H32N2O. The summed E-state index contributed by atoms with van der Waals surface area (Å²) in [4.78, 5) is 15.3. The second kappa shape index (κ2) is 6.53. The highest BCUT2D eigenvalue weighted by Crippen LogP contribution is 2.52. The first kappa shape index (κ1) is 17.8. The Kier molecular flexibility index (Phi) is 4.46. The van der Waals surface area contributed by atoms with Gasteiger partial charge < -0.3 is 10.6 Å². The van der Waals surface area contributed by atoms with Crippen LogP contribution in [0, 0.1) is 18.8 Å². The zero-order chi connectivity index (χ0) is 18.5. The summed E-state index contributed by atoms with van der Waals surface area (Å²) in [6.45, 7) is 10.9. The maximum absolute atomic E-state index is 12.5. The van der Waals surface area contributed by atoms with Crippen LogP contribution in [-0.4, -0.2) is 29.8 Å². The third-order valence-corrected chi connectivity index (χ3v) is 7.29. The van der Waals surface area contributed by atoms with Gasteiger partial charge in [0.05, 0.1) is 0 Å². The monoisotopic (exact) mass is 352 g/mol. The van der Waals surface area contributed by atoms with Crippen LogP contribution < -0.4 is 5.73 Å². The van der Waals surface area contributed by atoms with Crippen molar-refractivity contribution in [2.75, 3.05) is 13.1 Å². The Labute approximate surface area is 157 Å². The second-order valence-corrected chi connectivity index (χ2v) is 9.00. The molecule has 1 aromatic rings. The van der Waals surface area contributed by atoms with Gasteiger partial charge in [-0.3, -0.25) is 4.79 Å². The summed E-state index contributed by atoms with van der Waals surface area (Å²) in [7, 11) is 0. The molecule has 0 amide bonds. The molecule has 2 N–H and O–H groups in total. The first-order valence-corrected chi connectivity index (χ1v) is 10.2. The van der Waals surface area contributed by atoms with Crippen LogP contribution in [0.1, 0.15) is 62.1 Å². The number of hydrogen-bond acceptors (Lipinski definition) is 3. The molecule has 4 rings (SSSR count). The van der Waals surface area contributed by atoms with Gasteiger partial charge in [-0.25, -0.2) is 0 Å². The van der Waals surface area contributed by atoms with E-state index in [0.717, 1.165) is 37.3 Å². The Hall–Kier alpha value is -1.61. The van der Waals surface area contributed by atoms with Gasteiger partial charge in [-0.1, -0.05) is 18.7 Å². The number of rotatable bonds is 4. The Morgan fingerprint density at radius 2 is 2.12 bits per heavy atom. The minimum atomic E-state index is -0.0235. The average molecular weight is 353 g/mol. The van der Waals surface area contributed by atoms with Gasteiger partial charge in [-0.15, -0.1) is 0 Å². The van der Waals surface area contributed by atoms with Crippen LogP contribution in [0.25, 0.3) is 5.70 Å². The van der Waals surface area contributed by atoms with Crippen molar-refractivity contribution in [1.82, 2.24) is 4.90 Å². The van der Waals surface area contributed by atoms with Crippen LogP contribution in [0.15, 0.2) is 24.8 Å². The van der Waals surface area contributed by atoms with E-state index in [-0.39, 0.29) is 5.41 Å². The highest BCUT2D eigenvalue weighted by atomic mass is 16.1. The molecule has 0 spiro atoms. The van der Waals surface area contributed by atoms with Crippen molar-refractivity contribution in [1.29, 1.82) is 0 Å². The molecule has 3 heteroatoms. The van der Waals surface area contributed by atoms with E-state index in [1.807, 2.05) is 0 Å². The molecule has 140 valence electrons. The summed E-state index contributed by atoms with van der Waals surface area (Å²) >= 11 is 0. The number of aryl methyl sites for hydroxylation is 1. The van der Waals surface area contributed by atoms with E-state index in [1.165, 1.54) is 30.5 Å². The van der Waals surface area contributed by atoms with E-state index in [0.29, 0.717) is 29.9 Å². The third-order valence-electron chi connectivity index (χ3n) is 7.29. The molecule has 1 aliphatic heterocycles. The summed E-state index contributed by atoms with van der Waals surface area (Å²) < 4.78 is 0. The normalized spacial score (nSPS) is 32.3. The molecule has 2 aliphatic carbocycles. The van der Waals surface area contributed by atoms with Gasteiger partial charge >= 0.3 is 0 Å². The first-order chi connectivity index (χ1) is 12.4. The van der Waals surface area contributed by atoms with Crippen molar-refractivity contribution >= 4 is 11.5 Å². The van der Waals surface area contributed by atoms with Gasteiger partial charge in [-0.05, 0) is 80.7 Å². The molecule has 3 atom stereocenters. The number of Topliss-reactive ketones (excluding diaryl/α,β-unsaturated/α-hetero) is 1. The quantitative estimate of drug-likeness (QED) is 0.890. The number of hydrogen-bond donors (Lipinski definition) is 1. The van der Waals surface area contributed by atoms with Crippen molar-refractivity contribution in [2.45, 2.75) is 63.8 Å². The lowest BCUT2D eigenvalue weighted by molar-refractivity contribution is -0.126. The smallest absolute Gasteiger partial charge is 0.133 e. The number of carbonyl (C=O) groups is 1. The topological polar surface area (TPSA) is 46.3 Å². The van der Waals surface area contributed by atoms with Crippen molar-refractivity contribution in [3.8, 4) is 0 Å². The molecule has 3 fully saturated rings. The molecule has 26 heavy (non-hydrogen) atoms. The lowest BCUT2D eigenvalue weighted by Crippen LogP contribution is -2.58. The minimum Gasteiger partial charge on any atom is -0.399 e. The lowest BCUT2D eigenvalue weighted by Gasteiger charge is -2.55. The summed E-state index contributed by atoms with van der Waals surface area (Å²) in [6.07, 6.45) is 6.35. The zero-order valence-electron chi connectivity index (χ0n) is 16.3. The fourth-order valence-electron chi connectivity index (χ4n) is 5.62. The highest BCUT2D eigenvalue weighted by Gasteiger charge is 2.51. The van der Waals surface area contributed by atoms with Crippen LogP contribution in [0.5, 0.6) is 0 Å². The summed E-state index contributed by atoms with van der Waals surface area (Å²) in [5.41, 5.74) is 10.2. The number of likely N-dealkylation sites (tertiary alicyclic amines) is 1. The van der Waals surface area contributed by atoms with Gasteiger partial charge in [0.2, 0.25) is 0 Å². The minimum absolute atomic E-state index is 0.0235. The van der Waals surface area contributed by atoms with Crippen molar-refractivity contribution in [3.63, 3.8) is 0 Å². The molecule has 0 bridgehead atoms. The molecule has 0 aromatic heterocycles. The number of fused-ring (bicyclic) bond motifs is 1. The van der Waals surface area contributed by atoms with Crippen LogP contribution in [0.2, 0.25) is 0 Å². The Balaban J connectivity index is 1.74. The standard InChI is InChI=1S/C23H32N2O/c1-15-4-7-19(16(2)24)12-22(15)23-10-11-25(14-18-5-6-18)17(3)21(23)9-8-20(26)13-23/h4,7,12,17-18,21H,2,5-6,8-11,13-14,24H2,1,3H3/t17-,21+,23+/m1/s1. The molecule has 3 nitrogen and oxygen atoms in total. The second-order valence-electron chi connectivity index (χ2n) is 9.00. The van der Waals surface area contributed by atoms with Crippen molar-refractivity contribution in [2.24, 2.45) is 17.6 Å². The largest absolute Gasteiger partial charge is 0.399 e. The van der Waals surface area contributed by atoms with Gasteiger partial charge in [0.25, 0.3) is 0 Å². The highest BCUT2D eigenvalue weighted by molar-refractivity contribution is 5.81. The van der Waals surface area contributed by atoms with Gasteiger partial charge in [0.1, 0.15) is 5.78 Å². The fourth-order valence-corrected chi connectivity index (χ4v) is 5.62. The van der Waals surface area contributed by atoms with Crippen molar-refractivity contribution in [3.05, 3.63) is 41.5 Å². The fraction of sp³-hybridized carbons (Fsp3) is 0.609. The zero-order valence-corrected chi connectivity index (χ0v) is 16.3. The van der Waals surface area contributed by atoms with E-state index >= 15 is 0 Å². The van der Waals surface area contributed by atoms with Crippen molar-refractivity contribution < 1.29 is 4.79 Å². The Morgan fingerprint density at radius 1 is 1.35 bits per heavy atom. The Bertz CT molecular complexity index is 736. The van der Waals surface area contributed by atoms with E-state index in [9.17, 15) is 4.79 Å². The number of nitrogens with zero attached hydrogens (tertiary/aromatic N) is 1. The maximum Gasteiger partial charge on any atom is 0.133 e. The van der Waals surface area contributed by atoms with Crippen LogP contribution >= 0.6 is 0 Å². The molecule has 0 unspecified atom stereocenters. The van der Waals surface area contributed by atoms with Crippen LogP contribution in [-0.2, 0) is 10.2 Å². The van der Waals surface area contributed by atoms with E-state index in [4.69, 9.17) is 5.73 Å². The third kappa shape index (κ3) is 3.00. The van der Waals surface area contributed by atoms with Gasteiger partial charge in [0.15, 0.2) is 0 Å². The molecule has 0 radical (unpaired) electrons. The molecule has 3 aliphatic rings. The van der Waals surface area contributed by atoms with Gasteiger partial charge in [0, 0.05) is 36.5 Å². The number of piperidine rings is 1. The number of carbonyl (C=O) groups excluding carboxylic acids is 1. The molecule has 2 saturated carbocycles. The summed E-state index contributed by atoms with van der Waals surface area (Å²) in [5.74, 6) is 1.90. The Morgan fingerprint density at radius 3 is 2.81 bits per heavy atom. The van der Waals surface area contributed by atoms with E-state index < -0.39 is 0 Å². The SMILES string of the molecule is C=C(N)c1ccc(C)c([C@]23CCN(CC4CC4)[C@H](C)[C@@H]2CCC(=O)C3)c1. The van der Waals surface area contributed by atoms with Crippen LogP contribution in [0.4, 0.5) is 0 Å². The van der Waals surface area contributed by atoms with E-state index in [2.05, 4.69) is 43.5 Å².